The Hall–Kier alpha value is -3.22. The third kappa shape index (κ3) is 4.05. The van der Waals surface area contributed by atoms with E-state index in [1.165, 1.54) is 0 Å². The molecule has 2 aromatic carbocycles. The summed E-state index contributed by atoms with van der Waals surface area (Å²) in [6, 6.07) is 13.2. The van der Waals surface area contributed by atoms with Crippen molar-refractivity contribution in [3.05, 3.63) is 53.9 Å². The minimum atomic E-state index is -0.244. The van der Waals surface area contributed by atoms with E-state index in [4.69, 9.17) is 9.47 Å². The minimum absolute atomic E-state index is 0.244. The monoisotopic (exact) mass is 354 g/mol. The molecule has 0 fully saturated rings. The zero-order valence-electron chi connectivity index (χ0n) is 14.8. The van der Waals surface area contributed by atoms with Crippen molar-refractivity contribution in [3.8, 4) is 11.5 Å². The predicted octanol–water partition coefficient (Wildman–Crippen LogP) is 2.62. The normalized spacial score (nSPS) is 10.5. The molecule has 0 aliphatic rings. The molecule has 7 nitrogen and oxygen atoms in total. The Balaban J connectivity index is 1.49. The Morgan fingerprint density at radius 3 is 2.69 bits per heavy atom. The molecule has 1 heterocycles. The summed E-state index contributed by atoms with van der Waals surface area (Å²) < 4.78 is 10.6. The molecule has 0 radical (unpaired) electrons. The van der Waals surface area contributed by atoms with Crippen LogP contribution in [-0.2, 0) is 13.0 Å². The van der Waals surface area contributed by atoms with Crippen molar-refractivity contribution in [1.29, 1.82) is 0 Å². The van der Waals surface area contributed by atoms with Crippen LogP contribution >= 0.6 is 0 Å². The molecule has 1 aromatic heterocycles. The number of amides is 2. The lowest BCUT2D eigenvalue weighted by Crippen LogP contribution is -2.36. The lowest BCUT2D eigenvalue weighted by atomic mass is 10.2. The van der Waals surface area contributed by atoms with E-state index in [0.717, 1.165) is 22.4 Å². The number of aromatic nitrogens is 2. The fourth-order valence-corrected chi connectivity index (χ4v) is 2.75. The summed E-state index contributed by atoms with van der Waals surface area (Å²) in [4.78, 5) is 19.7. The molecule has 2 amide bonds. The van der Waals surface area contributed by atoms with E-state index in [9.17, 15) is 4.79 Å². The zero-order valence-corrected chi connectivity index (χ0v) is 14.8. The molecule has 3 N–H and O–H groups in total. The number of hydrogen-bond donors (Lipinski definition) is 3. The Labute approximate surface area is 151 Å². The first-order chi connectivity index (χ1) is 12.7. The van der Waals surface area contributed by atoms with Crippen LogP contribution in [0, 0.1) is 0 Å². The highest BCUT2D eigenvalue weighted by Crippen LogP contribution is 2.30. The first-order valence-electron chi connectivity index (χ1n) is 8.36. The number of imidazole rings is 1. The van der Waals surface area contributed by atoms with Crippen LogP contribution in [0.3, 0.4) is 0 Å². The minimum Gasteiger partial charge on any atom is -0.493 e. The van der Waals surface area contributed by atoms with E-state index in [1.54, 1.807) is 14.2 Å². The van der Waals surface area contributed by atoms with Crippen molar-refractivity contribution in [2.75, 3.05) is 20.8 Å². The average molecular weight is 354 g/mol. The number of para-hydroxylation sites is 3. The van der Waals surface area contributed by atoms with Crippen LogP contribution in [0.4, 0.5) is 4.79 Å². The van der Waals surface area contributed by atoms with Crippen LogP contribution in [0.5, 0.6) is 11.5 Å². The second-order valence-electron chi connectivity index (χ2n) is 5.71. The van der Waals surface area contributed by atoms with Crippen molar-refractivity contribution in [1.82, 2.24) is 20.6 Å². The number of benzene rings is 2. The largest absolute Gasteiger partial charge is 0.493 e. The van der Waals surface area contributed by atoms with E-state index in [2.05, 4.69) is 20.6 Å². The molecule has 3 aromatic rings. The van der Waals surface area contributed by atoms with Crippen LogP contribution in [-0.4, -0.2) is 36.8 Å². The van der Waals surface area contributed by atoms with Gasteiger partial charge in [0.25, 0.3) is 0 Å². The van der Waals surface area contributed by atoms with Gasteiger partial charge in [-0.1, -0.05) is 24.3 Å². The second kappa shape index (κ2) is 8.24. The smallest absolute Gasteiger partial charge is 0.315 e. The number of carbonyl (C=O) groups excluding carboxylic acids is 1. The van der Waals surface area contributed by atoms with Gasteiger partial charge in [0.05, 0.1) is 25.3 Å². The summed E-state index contributed by atoms with van der Waals surface area (Å²) in [5, 5.41) is 5.65. The highest BCUT2D eigenvalue weighted by atomic mass is 16.5. The summed E-state index contributed by atoms with van der Waals surface area (Å²) in [7, 11) is 3.16. The number of carbonyl (C=O) groups is 1. The number of methoxy groups -OCH3 is 2. The van der Waals surface area contributed by atoms with E-state index < -0.39 is 0 Å². The Morgan fingerprint density at radius 1 is 1.08 bits per heavy atom. The number of nitrogens with one attached hydrogen (secondary N) is 3. The molecular formula is C19H22N4O3. The number of nitrogens with zero attached hydrogens (tertiary/aromatic N) is 1. The molecule has 0 unspecified atom stereocenters. The van der Waals surface area contributed by atoms with Crippen LogP contribution in [0.1, 0.15) is 11.4 Å². The molecule has 3 rings (SSSR count). The average Bonchev–Trinajstić information content (AvgIpc) is 3.08. The van der Waals surface area contributed by atoms with Crippen LogP contribution < -0.4 is 20.1 Å². The first-order valence-corrected chi connectivity index (χ1v) is 8.36. The van der Waals surface area contributed by atoms with E-state index in [-0.39, 0.29) is 6.03 Å². The third-order valence-electron chi connectivity index (χ3n) is 4.01. The number of hydrogen-bond acceptors (Lipinski definition) is 4. The van der Waals surface area contributed by atoms with Crippen LogP contribution in [0.25, 0.3) is 11.0 Å². The molecule has 26 heavy (non-hydrogen) atoms. The van der Waals surface area contributed by atoms with Gasteiger partial charge in [0.1, 0.15) is 5.82 Å². The molecule has 0 saturated heterocycles. The maximum atomic E-state index is 12.0. The second-order valence-corrected chi connectivity index (χ2v) is 5.71. The van der Waals surface area contributed by atoms with Gasteiger partial charge >= 0.3 is 6.03 Å². The van der Waals surface area contributed by atoms with Crippen molar-refractivity contribution >= 4 is 17.1 Å². The number of urea groups is 1. The van der Waals surface area contributed by atoms with Gasteiger partial charge in [-0.2, -0.15) is 0 Å². The molecule has 0 bridgehead atoms. The summed E-state index contributed by atoms with van der Waals surface area (Å²) >= 11 is 0. The van der Waals surface area contributed by atoms with Gasteiger partial charge in [-0.05, 0) is 18.2 Å². The van der Waals surface area contributed by atoms with E-state index >= 15 is 0 Å². The lowest BCUT2D eigenvalue weighted by Gasteiger charge is -2.13. The summed E-state index contributed by atoms with van der Waals surface area (Å²) in [5.41, 5.74) is 2.77. The van der Waals surface area contributed by atoms with E-state index in [0.29, 0.717) is 31.0 Å². The van der Waals surface area contributed by atoms with Crippen LogP contribution in [0.15, 0.2) is 42.5 Å². The fraction of sp³-hybridized carbons (Fsp3) is 0.263. The molecule has 136 valence electrons. The van der Waals surface area contributed by atoms with Gasteiger partial charge < -0.3 is 25.1 Å². The topological polar surface area (TPSA) is 88.3 Å². The van der Waals surface area contributed by atoms with Gasteiger partial charge in [-0.15, -0.1) is 0 Å². The van der Waals surface area contributed by atoms with Crippen molar-refractivity contribution < 1.29 is 14.3 Å². The predicted molar refractivity (Wildman–Crippen MR) is 99.6 cm³/mol. The molecule has 0 aliphatic heterocycles. The number of aromatic amines is 1. The highest BCUT2D eigenvalue weighted by molar-refractivity contribution is 5.75. The highest BCUT2D eigenvalue weighted by Gasteiger charge is 2.10. The maximum absolute atomic E-state index is 12.0. The molecule has 0 aliphatic carbocycles. The molecule has 0 spiro atoms. The molecule has 7 heteroatoms. The number of rotatable bonds is 7. The standard InChI is InChI=1S/C19H22N4O3/c1-25-16-9-5-6-13(18(16)26-2)12-21-19(24)20-11-10-17-22-14-7-3-4-8-15(14)23-17/h3-9H,10-12H2,1-2H3,(H,22,23)(H2,20,21,24). The summed E-state index contributed by atoms with van der Waals surface area (Å²) in [6.07, 6.45) is 0.630. The fourth-order valence-electron chi connectivity index (χ4n) is 2.75. The zero-order chi connectivity index (χ0) is 18.4. The lowest BCUT2D eigenvalue weighted by molar-refractivity contribution is 0.240. The van der Waals surface area contributed by atoms with Crippen molar-refractivity contribution in [2.24, 2.45) is 0 Å². The third-order valence-corrected chi connectivity index (χ3v) is 4.01. The number of fused-ring (bicyclic) bond motifs is 1. The number of H-pyrrole nitrogens is 1. The van der Waals surface area contributed by atoms with Gasteiger partial charge in [-0.3, -0.25) is 0 Å². The molecular weight excluding hydrogens is 332 g/mol. The van der Waals surface area contributed by atoms with Crippen molar-refractivity contribution in [3.63, 3.8) is 0 Å². The SMILES string of the molecule is COc1cccc(CNC(=O)NCCc2nc3ccccc3[nH]2)c1OC. The van der Waals surface area contributed by atoms with Gasteiger partial charge in [0, 0.05) is 25.1 Å². The van der Waals surface area contributed by atoms with Gasteiger partial charge in [0.2, 0.25) is 0 Å². The first kappa shape index (κ1) is 17.6. The van der Waals surface area contributed by atoms with Gasteiger partial charge in [-0.25, -0.2) is 9.78 Å². The van der Waals surface area contributed by atoms with Crippen molar-refractivity contribution in [2.45, 2.75) is 13.0 Å². The Morgan fingerprint density at radius 2 is 1.92 bits per heavy atom. The van der Waals surface area contributed by atoms with E-state index in [1.807, 2.05) is 42.5 Å². The molecule has 0 saturated carbocycles. The summed E-state index contributed by atoms with van der Waals surface area (Å²) in [6.45, 7) is 0.831. The maximum Gasteiger partial charge on any atom is 0.315 e. The quantitative estimate of drug-likeness (QED) is 0.609. The van der Waals surface area contributed by atoms with Crippen LogP contribution in [0.2, 0.25) is 0 Å². The summed E-state index contributed by atoms with van der Waals surface area (Å²) in [5.74, 6) is 2.11. The van der Waals surface area contributed by atoms with Gasteiger partial charge in [0.15, 0.2) is 11.5 Å². The number of ether oxygens (including phenoxy) is 2. The Bertz CT molecular complexity index is 858. The molecule has 0 atom stereocenters. The Kier molecular flexibility index (Phi) is 5.58.